The van der Waals surface area contributed by atoms with E-state index in [2.05, 4.69) is 10.3 Å². The first-order valence-corrected chi connectivity index (χ1v) is 6.20. The summed E-state index contributed by atoms with van der Waals surface area (Å²) in [6, 6.07) is 1.63. The van der Waals surface area contributed by atoms with E-state index >= 15 is 0 Å². The number of amides is 1. The fourth-order valence-corrected chi connectivity index (χ4v) is 2.33. The Balaban J connectivity index is 2.07. The van der Waals surface area contributed by atoms with Crippen molar-refractivity contribution in [3.8, 4) is 0 Å². The number of H-pyrrole nitrogens is 1. The lowest BCUT2D eigenvalue weighted by atomic mass is 10.1. The predicted octanol–water partition coefficient (Wildman–Crippen LogP) is 0.635. The molecule has 0 radical (unpaired) electrons. The molecule has 1 atom stereocenters. The summed E-state index contributed by atoms with van der Waals surface area (Å²) in [7, 11) is 0. The highest BCUT2D eigenvalue weighted by atomic mass is 16.2. The molecule has 18 heavy (non-hydrogen) atoms. The van der Waals surface area contributed by atoms with E-state index in [4.69, 9.17) is 0 Å². The second-order valence-electron chi connectivity index (χ2n) is 4.85. The Morgan fingerprint density at radius 2 is 2.22 bits per heavy atom. The molecule has 0 spiro atoms. The van der Waals surface area contributed by atoms with Crippen molar-refractivity contribution in [3.05, 3.63) is 23.0 Å². The normalized spacial score (nSPS) is 20.8. The molecule has 2 N–H and O–H groups in total. The zero-order valence-electron chi connectivity index (χ0n) is 11.0. The van der Waals surface area contributed by atoms with Gasteiger partial charge in [-0.1, -0.05) is 0 Å². The molecular formula is C13H19N3O2. The topological polar surface area (TPSA) is 65.2 Å². The van der Waals surface area contributed by atoms with E-state index in [-0.39, 0.29) is 17.7 Å². The second-order valence-corrected chi connectivity index (χ2v) is 4.85. The summed E-state index contributed by atoms with van der Waals surface area (Å²) in [5, 5.41) is 2.79. The van der Waals surface area contributed by atoms with Gasteiger partial charge >= 0.3 is 0 Å². The van der Waals surface area contributed by atoms with Crippen molar-refractivity contribution < 1.29 is 9.59 Å². The first-order valence-electron chi connectivity index (χ1n) is 6.20. The number of aromatic amines is 1. The van der Waals surface area contributed by atoms with Gasteiger partial charge in [-0.3, -0.25) is 14.5 Å². The number of aromatic nitrogens is 1. The van der Waals surface area contributed by atoms with Gasteiger partial charge in [-0.05, 0) is 26.8 Å². The maximum absolute atomic E-state index is 12.2. The van der Waals surface area contributed by atoms with Crippen molar-refractivity contribution in [2.75, 3.05) is 19.6 Å². The van der Waals surface area contributed by atoms with Crippen LogP contribution in [0.1, 0.15) is 28.7 Å². The third-order valence-electron chi connectivity index (χ3n) is 3.42. The minimum absolute atomic E-state index is 0.00368. The van der Waals surface area contributed by atoms with E-state index in [0.717, 1.165) is 23.5 Å². The summed E-state index contributed by atoms with van der Waals surface area (Å²) in [6.07, 6.45) is 0. The number of rotatable bonds is 3. The number of hydrogen-bond donors (Lipinski definition) is 2. The Morgan fingerprint density at radius 3 is 2.83 bits per heavy atom. The summed E-state index contributed by atoms with van der Waals surface area (Å²) in [5.74, 6) is 0.0643. The van der Waals surface area contributed by atoms with E-state index in [1.54, 1.807) is 0 Å². The van der Waals surface area contributed by atoms with Crippen LogP contribution in [-0.2, 0) is 4.79 Å². The zero-order chi connectivity index (χ0) is 13.3. The highest BCUT2D eigenvalue weighted by Crippen LogP contribution is 2.12. The predicted molar refractivity (Wildman–Crippen MR) is 68.6 cm³/mol. The molecule has 1 unspecified atom stereocenters. The summed E-state index contributed by atoms with van der Waals surface area (Å²) in [4.78, 5) is 28.8. The third-order valence-corrected chi connectivity index (χ3v) is 3.42. The van der Waals surface area contributed by atoms with Crippen LogP contribution in [0.15, 0.2) is 6.07 Å². The van der Waals surface area contributed by atoms with E-state index < -0.39 is 0 Å². The fourth-order valence-electron chi connectivity index (χ4n) is 2.33. The van der Waals surface area contributed by atoms with Crippen molar-refractivity contribution in [2.24, 2.45) is 0 Å². The largest absolute Gasteiger partial charge is 0.362 e. The lowest BCUT2D eigenvalue weighted by molar-refractivity contribution is -0.127. The number of aryl methyl sites for hydroxylation is 2. The molecule has 0 saturated carbocycles. The molecule has 5 nitrogen and oxygen atoms in total. The minimum Gasteiger partial charge on any atom is -0.362 e. The SMILES string of the molecule is Cc1cc(C(=O)CN2CCNC(=O)C2C)c(C)[nH]1. The molecule has 1 aromatic heterocycles. The smallest absolute Gasteiger partial charge is 0.237 e. The molecule has 2 heterocycles. The Hall–Kier alpha value is -1.62. The Bertz CT molecular complexity index is 479. The number of piperazine rings is 1. The van der Waals surface area contributed by atoms with Crippen LogP contribution in [0.4, 0.5) is 0 Å². The van der Waals surface area contributed by atoms with Gasteiger partial charge in [0.15, 0.2) is 5.78 Å². The molecule has 1 fully saturated rings. The molecule has 0 aliphatic carbocycles. The first kappa shape index (κ1) is 12.8. The Labute approximate surface area is 107 Å². The lowest BCUT2D eigenvalue weighted by Gasteiger charge is -2.32. The molecule has 1 aliphatic rings. The molecule has 98 valence electrons. The number of nitrogens with zero attached hydrogens (tertiary/aromatic N) is 1. The summed E-state index contributed by atoms with van der Waals surface area (Å²) in [5.41, 5.74) is 2.61. The van der Waals surface area contributed by atoms with Crippen molar-refractivity contribution >= 4 is 11.7 Å². The number of ketones is 1. The molecule has 0 aromatic carbocycles. The van der Waals surface area contributed by atoms with Gasteiger partial charge in [0.2, 0.25) is 5.91 Å². The van der Waals surface area contributed by atoms with Gasteiger partial charge in [0.1, 0.15) is 0 Å². The molecule has 1 amide bonds. The third kappa shape index (κ3) is 2.46. The van der Waals surface area contributed by atoms with Crippen molar-refractivity contribution in [3.63, 3.8) is 0 Å². The van der Waals surface area contributed by atoms with Gasteiger partial charge in [-0.2, -0.15) is 0 Å². The quantitative estimate of drug-likeness (QED) is 0.772. The number of Topliss-reactive ketones (excluding diaryl/α,β-unsaturated/α-hetero) is 1. The van der Waals surface area contributed by atoms with Crippen LogP contribution in [0.25, 0.3) is 0 Å². The van der Waals surface area contributed by atoms with E-state index in [0.29, 0.717) is 13.1 Å². The van der Waals surface area contributed by atoms with Crippen molar-refractivity contribution in [2.45, 2.75) is 26.8 Å². The van der Waals surface area contributed by atoms with Crippen LogP contribution in [0, 0.1) is 13.8 Å². The number of nitrogens with one attached hydrogen (secondary N) is 2. The number of hydrogen-bond acceptors (Lipinski definition) is 3. The highest BCUT2D eigenvalue weighted by Gasteiger charge is 2.27. The molecule has 5 heteroatoms. The molecule has 1 aromatic rings. The fraction of sp³-hybridized carbons (Fsp3) is 0.538. The van der Waals surface area contributed by atoms with Crippen LogP contribution in [0.3, 0.4) is 0 Å². The van der Waals surface area contributed by atoms with Gasteiger partial charge in [0.05, 0.1) is 12.6 Å². The average Bonchev–Trinajstić information content (AvgIpc) is 2.64. The van der Waals surface area contributed by atoms with Gasteiger partial charge < -0.3 is 10.3 Å². The Kier molecular flexibility index (Phi) is 3.52. The molecular weight excluding hydrogens is 230 g/mol. The molecule has 1 saturated heterocycles. The minimum atomic E-state index is -0.233. The second kappa shape index (κ2) is 4.94. The summed E-state index contributed by atoms with van der Waals surface area (Å²) in [6.45, 7) is 7.29. The van der Waals surface area contributed by atoms with Gasteiger partial charge in [0, 0.05) is 30.0 Å². The van der Waals surface area contributed by atoms with E-state index in [1.165, 1.54) is 0 Å². The van der Waals surface area contributed by atoms with Crippen LogP contribution >= 0.6 is 0 Å². The lowest BCUT2D eigenvalue weighted by Crippen LogP contribution is -2.55. The zero-order valence-corrected chi connectivity index (χ0v) is 11.0. The molecule has 0 bridgehead atoms. The number of carbonyl (C=O) groups excluding carboxylic acids is 2. The van der Waals surface area contributed by atoms with Crippen molar-refractivity contribution in [1.29, 1.82) is 0 Å². The maximum Gasteiger partial charge on any atom is 0.237 e. The van der Waals surface area contributed by atoms with E-state index in [9.17, 15) is 9.59 Å². The van der Waals surface area contributed by atoms with Crippen LogP contribution in [-0.4, -0.2) is 47.3 Å². The van der Waals surface area contributed by atoms with Gasteiger partial charge in [0.25, 0.3) is 0 Å². The highest BCUT2D eigenvalue weighted by molar-refractivity contribution is 5.99. The molecule has 1 aliphatic heterocycles. The first-order chi connectivity index (χ1) is 8.49. The van der Waals surface area contributed by atoms with Crippen molar-refractivity contribution in [1.82, 2.24) is 15.2 Å². The van der Waals surface area contributed by atoms with Crippen LogP contribution in [0.5, 0.6) is 0 Å². The monoisotopic (exact) mass is 249 g/mol. The van der Waals surface area contributed by atoms with Crippen LogP contribution in [0.2, 0.25) is 0 Å². The molecule has 2 rings (SSSR count). The van der Waals surface area contributed by atoms with E-state index in [1.807, 2.05) is 31.7 Å². The summed E-state index contributed by atoms with van der Waals surface area (Å²) >= 11 is 0. The number of carbonyl (C=O) groups is 2. The Morgan fingerprint density at radius 1 is 1.50 bits per heavy atom. The standard InChI is InChI=1S/C13H19N3O2/c1-8-6-11(9(2)15-8)12(17)7-16-5-4-14-13(18)10(16)3/h6,10,15H,4-5,7H2,1-3H3,(H,14,18). The van der Waals surface area contributed by atoms with Crippen LogP contribution < -0.4 is 5.32 Å². The summed E-state index contributed by atoms with van der Waals surface area (Å²) < 4.78 is 0. The maximum atomic E-state index is 12.2. The van der Waals surface area contributed by atoms with Gasteiger partial charge in [-0.15, -0.1) is 0 Å². The van der Waals surface area contributed by atoms with Gasteiger partial charge in [-0.25, -0.2) is 0 Å². The average molecular weight is 249 g/mol.